The number of ether oxygens (including phenoxy) is 1. The Bertz CT molecular complexity index is 970. The third kappa shape index (κ3) is 9.92. The van der Waals surface area contributed by atoms with Crippen LogP contribution in [0.1, 0.15) is 18.4 Å². The van der Waals surface area contributed by atoms with Crippen molar-refractivity contribution in [2.45, 2.75) is 30.7 Å². The second-order valence-corrected chi connectivity index (χ2v) is 8.32. The van der Waals surface area contributed by atoms with Crippen LogP contribution in [0.4, 0.5) is 0 Å². The molecule has 2 aromatic carbocycles. The Morgan fingerprint density at radius 1 is 0.971 bits per heavy atom. The summed E-state index contributed by atoms with van der Waals surface area (Å²) in [6.45, 7) is -0.581. The van der Waals surface area contributed by atoms with Gasteiger partial charge in [-0.2, -0.15) is 11.8 Å². The Labute approximate surface area is 200 Å². The number of amides is 2. The molecule has 0 unspecified atom stereocenters. The standard InChI is InChI=1S/C23H27N3O7S/c24-18(23(31)32)10-11-20(27)26-19(22(30)25-12-21(28)29)14-34-13-15-6-8-17(9-7-15)33-16-4-2-1-3-5-16/h1-9,18-19H,10-14,24H2,(H,25,30)(H,26,27)(H,28,29)(H,31,32)/t18-,19-/m0/s1. The number of para-hydroxylation sites is 1. The van der Waals surface area contributed by atoms with E-state index in [9.17, 15) is 19.2 Å². The smallest absolute Gasteiger partial charge is 0.322 e. The highest BCUT2D eigenvalue weighted by molar-refractivity contribution is 7.98. The topological polar surface area (TPSA) is 168 Å². The lowest BCUT2D eigenvalue weighted by Crippen LogP contribution is -2.49. The average molecular weight is 490 g/mol. The molecule has 2 amide bonds. The molecule has 34 heavy (non-hydrogen) atoms. The van der Waals surface area contributed by atoms with Crippen molar-refractivity contribution in [2.24, 2.45) is 5.73 Å². The molecule has 0 aliphatic rings. The fraction of sp³-hybridized carbons (Fsp3) is 0.304. The molecular weight excluding hydrogens is 462 g/mol. The van der Waals surface area contributed by atoms with Crippen LogP contribution in [0, 0.1) is 0 Å². The monoisotopic (exact) mass is 489 g/mol. The summed E-state index contributed by atoms with van der Waals surface area (Å²) in [4.78, 5) is 46.1. The summed E-state index contributed by atoms with van der Waals surface area (Å²) in [5.41, 5.74) is 6.36. The first-order chi connectivity index (χ1) is 16.2. The van der Waals surface area contributed by atoms with E-state index in [1.807, 2.05) is 54.6 Å². The number of carboxylic acids is 2. The van der Waals surface area contributed by atoms with Gasteiger partial charge in [0.25, 0.3) is 0 Å². The van der Waals surface area contributed by atoms with E-state index < -0.39 is 42.4 Å². The molecule has 2 rings (SSSR count). The van der Waals surface area contributed by atoms with Gasteiger partial charge in [-0.05, 0) is 36.2 Å². The number of carboxylic acid groups (broad SMARTS) is 2. The molecule has 2 atom stereocenters. The van der Waals surface area contributed by atoms with Crippen molar-refractivity contribution in [3.8, 4) is 11.5 Å². The number of hydrogen-bond acceptors (Lipinski definition) is 7. The van der Waals surface area contributed by atoms with Gasteiger partial charge in [0.2, 0.25) is 11.8 Å². The van der Waals surface area contributed by atoms with Crippen LogP contribution in [0.3, 0.4) is 0 Å². The summed E-state index contributed by atoms with van der Waals surface area (Å²) in [5, 5.41) is 22.4. The number of carbonyl (C=O) groups excluding carboxylic acids is 2. The van der Waals surface area contributed by atoms with Crippen molar-refractivity contribution in [1.82, 2.24) is 10.6 Å². The third-order valence-corrected chi connectivity index (χ3v) is 5.63. The van der Waals surface area contributed by atoms with E-state index in [2.05, 4.69) is 10.6 Å². The van der Waals surface area contributed by atoms with Crippen molar-refractivity contribution in [3.05, 3.63) is 60.2 Å². The predicted octanol–water partition coefficient (Wildman–Crippen LogP) is 1.59. The van der Waals surface area contributed by atoms with Crippen molar-refractivity contribution in [3.63, 3.8) is 0 Å². The van der Waals surface area contributed by atoms with Crippen molar-refractivity contribution in [1.29, 1.82) is 0 Å². The van der Waals surface area contributed by atoms with E-state index in [4.69, 9.17) is 20.7 Å². The van der Waals surface area contributed by atoms with E-state index >= 15 is 0 Å². The van der Waals surface area contributed by atoms with Gasteiger partial charge >= 0.3 is 11.9 Å². The lowest BCUT2D eigenvalue weighted by atomic mass is 10.1. The molecule has 0 fully saturated rings. The van der Waals surface area contributed by atoms with Gasteiger partial charge in [0.05, 0.1) is 0 Å². The summed E-state index contributed by atoms with van der Waals surface area (Å²) in [5.74, 6) is -1.50. The fourth-order valence-electron chi connectivity index (χ4n) is 2.72. The highest BCUT2D eigenvalue weighted by Crippen LogP contribution is 2.22. The van der Waals surface area contributed by atoms with E-state index in [1.165, 1.54) is 11.8 Å². The SMILES string of the molecule is N[C@@H](CCC(=O)N[C@@H](CSCc1ccc(Oc2ccccc2)cc1)C(=O)NCC(=O)O)C(=O)O. The molecule has 0 aliphatic heterocycles. The van der Waals surface area contributed by atoms with Crippen LogP contribution < -0.4 is 21.1 Å². The first kappa shape index (κ1) is 26.7. The number of carbonyl (C=O) groups is 4. The van der Waals surface area contributed by atoms with Gasteiger partial charge in [-0.1, -0.05) is 30.3 Å². The zero-order valence-corrected chi connectivity index (χ0v) is 19.1. The molecule has 11 heteroatoms. The number of aliphatic carboxylic acids is 2. The van der Waals surface area contributed by atoms with Crippen LogP contribution in [-0.2, 0) is 24.9 Å². The Morgan fingerprint density at radius 2 is 1.62 bits per heavy atom. The number of thioether (sulfide) groups is 1. The molecule has 182 valence electrons. The summed E-state index contributed by atoms with van der Waals surface area (Å²) in [7, 11) is 0. The third-order valence-electron chi connectivity index (χ3n) is 4.52. The maximum absolute atomic E-state index is 12.4. The number of benzene rings is 2. The first-order valence-corrected chi connectivity index (χ1v) is 11.6. The number of nitrogens with two attached hydrogens (primary N) is 1. The molecule has 0 saturated carbocycles. The molecule has 0 aliphatic carbocycles. The van der Waals surface area contributed by atoms with E-state index in [1.54, 1.807) is 0 Å². The van der Waals surface area contributed by atoms with Crippen LogP contribution in [0.2, 0.25) is 0 Å². The zero-order valence-electron chi connectivity index (χ0n) is 18.3. The minimum Gasteiger partial charge on any atom is -0.480 e. The molecule has 2 aromatic rings. The van der Waals surface area contributed by atoms with Gasteiger partial charge in [0.15, 0.2) is 0 Å². The zero-order chi connectivity index (χ0) is 24.9. The first-order valence-electron chi connectivity index (χ1n) is 10.4. The Balaban J connectivity index is 1.88. The van der Waals surface area contributed by atoms with Crippen molar-refractivity contribution >= 4 is 35.5 Å². The van der Waals surface area contributed by atoms with E-state index in [0.717, 1.165) is 11.3 Å². The minimum atomic E-state index is -1.22. The minimum absolute atomic E-state index is 0.0881. The Morgan fingerprint density at radius 3 is 2.24 bits per heavy atom. The average Bonchev–Trinajstić information content (AvgIpc) is 2.82. The van der Waals surface area contributed by atoms with Gasteiger partial charge in [-0.3, -0.25) is 19.2 Å². The van der Waals surface area contributed by atoms with Crippen LogP contribution >= 0.6 is 11.8 Å². The van der Waals surface area contributed by atoms with Gasteiger partial charge in [0, 0.05) is 17.9 Å². The number of nitrogens with one attached hydrogen (secondary N) is 2. The molecule has 0 heterocycles. The predicted molar refractivity (Wildman–Crippen MR) is 127 cm³/mol. The Hall–Kier alpha value is -3.57. The van der Waals surface area contributed by atoms with Gasteiger partial charge < -0.3 is 31.3 Å². The van der Waals surface area contributed by atoms with Gasteiger partial charge in [0.1, 0.15) is 30.1 Å². The maximum atomic E-state index is 12.4. The lowest BCUT2D eigenvalue weighted by molar-refractivity contribution is -0.139. The maximum Gasteiger partial charge on any atom is 0.322 e. The Kier molecular flexibility index (Phi) is 10.9. The molecule has 0 aromatic heterocycles. The van der Waals surface area contributed by atoms with Gasteiger partial charge in [-0.15, -0.1) is 0 Å². The molecule has 0 saturated heterocycles. The van der Waals surface area contributed by atoms with Crippen molar-refractivity contribution < 1.29 is 34.1 Å². The normalized spacial score (nSPS) is 12.3. The van der Waals surface area contributed by atoms with Crippen LogP contribution in [0.25, 0.3) is 0 Å². The molecule has 0 bridgehead atoms. The molecule has 6 N–H and O–H groups in total. The summed E-state index contributed by atoms with van der Waals surface area (Å²) in [6.07, 6.45) is -0.265. The number of hydrogen-bond donors (Lipinski definition) is 5. The highest BCUT2D eigenvalue weighted by Gasteiger charge is 2.22. The second-order valence-electron chi connectivity index (χ2n) is 7.29. The van der Waals surface area contributed by atoms with Crippen LogP contribution in [0.5, 0.6) is 11.5 Å². The largest absolute Gasteiger partial charge is 0.480 e. The van der Waals surface area contributed by atoms with Crippen LogP contribution in [-0.4, -0.2) is 58.3 Å². The summed E-state index contributed by atoms with van der Waals surface area (Å²) >= 11 is 1.38. The van der Waals surface area contributed by atoms with Crippen molar-refractivity contribution in [2.75, 3.05) is 12.3 Å². The van der Waals surface area contributed by atoms with Gasteiger partial charge in [-0.25, -0.2) is 0 Å². The number of rotatable bonds is 14. The molecular formula is C23H27N3O7S. The quantitative estimate of drug-likeness (QED) is 0.265. The fourth-order valence-corrected chi connectivity index (χ4v) is 3.73. The highest BCUT2D eigenvalue weighted by atomic mass is 32.2. The molecule has 0 spiro atoms. The van der Waals surface area contributed by atoms with E-state index in [0.29, 0.717) is 11.5 Å². The summed E-state index contributed by atoms with van der Waals surface area (Å²) < 4.78 is 5.75. The lowest BCUT2D eigenvalue weighted by Gasteiger charge is -2.18. The van der Waals surface area contributed by atoms with Crippen LogP contribution in [0.15, 0.2) is 54.6 Å². The second kappa shape index (κ2) is 13.9. The molecule has 10 nitrogen and oxygen atoms in total. The van der Waals surface area contributed by atoms with E-state index in [-0.39, 0.29) is 18.6 Å². The molecule has 0 radical (unpaired) electrons. The summed E-state index contributed by atoms with van der Waals surface area (Å²) in [6, 6.07) is 14.6.